The maximum atomic E-state index is 13.9. The Kier molecular flexibility index (Phi) is 5.85. The van der Waals surface area contributed by atoms with E-state index in [2.05, 4.69) is 0 Å². The van der Waals surface area contributed by atoms with E-state index in [4.69, 9.17) is 4.74 Å². The predicted octanol–water partition coefficient (Wildman–Crippen LogP) is 4.50. The van der Waals surface area contributed by atoms with Gasteiger partial charge in [-0.1, -0.05) is 72.8 Å². The summed E-state index contributed by atoms with van der Waals surface area (Å²) in [6, 6.07) is 25.7. The lowest BCUT2D eigenvalue weighted by atomic mass is 9.71. The largest absolute Gasteiger partial charge is 0.416 e. The number of imide groups is 1. The standard InChI is InChI=1S/C30H26N2O5/c33-25-18-24(19-10-4-1-5-11-19)32(30(36)37-21-14-8-3-9-15-21)27-22(25)16-17-23-26(27)29(35)31(28(23)34)20-12-6-2-7-13-20/h1-16,23-27,33H,17-18H2/t23-,24+,25-,26-,27+/m0/s1. The molecule has 2 fully saturated rings. The molecule has 186 valence electrons. The number of carbonyl (C=O) groups is 3. The van der Waals surface area contributed by atoms with Gasteiger partial charge in [0.25, 0.3) is 0 Å². The van der Waals surface area contributed by atoms with Crippen LogP contribution in [0.15, 0.2) is 103 Å². The molecule has 2 aliphatic heterocycles. The molecule has 0 unspecified atom stereocenters. The van der Waals surface area contributed by atoms with Crippen LogP contribution in [0, 0.1) is 11.8 Å². The molecule has 0 spiro atoms. The molecule has 0 saturated carbocycles. The van der Waals surface area contributed by atoms with Gasteiger partial charge >= 0.3 is 6.09 Å². The zero-order valence-electron chi connectivity index (χ0n) is 20.0. The van der Waals surface area contributed by atoms with Gasteiger partial charge in [-0.2, -0.15) is 0 Å². The first-order chi connectivity index (χ1) is 18.0. The van der Waals surface area contributed by atoms with E-state index in [1.807, 2.05) is 48.5 Å². The summed E-state index contributed by atoms with van der Waals surface area (Å²) < 4.78 is 5.78. The molecule has 1 aliphatic carbocycles. The van der Waals surface area contributed by atoms with Gasteiger partial charge < -0.3 is 9.84 Å². The number of ether oxygens (including phenoxy) is 1. The fourth-order valence-electron chi connectivity index (χ4n) is 5.95. The Morgan fingerprint density at radius 2 is 1.46 bits per heavy atom. The van der Waals surface area contributed by atoms with Crippen LogP contribution < -0.4 is 9.64 Å². The summed E-state index contributed by atoms with van der Waals surface area (Å²) in [6.07, 6.45) is 0.949. The summed E-state index contributed by atoms with van der Waals surface area (Å²) in [5, 5.41) is 11.2. The van der Waals surface area contributed by atoms with Crippen molar-refractivity contribution in [3.63, 3.8) is 0 Å². The molecule has 7 heteroatoms. The summed E-state index contributed by atoms with van der Waals surface area (Å²) in [7, 11) is 0. The number of hydrogen-bond acceptors (Lipinski definition) is 5. The number of carbonyl (C=O) groups excluding carboxylic acids is 3. The second-order valence-electron chi connectivity index (χ2n) is 9.63. The van der Waals surface area contributed by atoms with Gasteiger partial charge in [0.15, 0.2) is 0 Å². The Bertz CT molecular complexity index is 1360. The van der Waals surface area contributed by atoms with Gasteiger partial charge in [-0.05, 0) is 41.8 Å². The molecule has 2 saturated heterocycles. The highest BCUT2D eigenvalue weighted by molar-refractivity contribution is 6.22. The lowest BCUT2D eigenvalue weighted by Crippen LogP contribution is -2.58. The Balaban J connectivity index is 1.45. The number of allylic oxidation sites excluding steroid dienone is 1. The van der Waals surface area contributed by atoms with Crippen molar-refractivity contribution in [1.29, 1.82) is 0 Å². The van der Waals surface area contributed by atoms with Gasteiger partial charge in [0.1, 0.15) is 5.75 Å². The molecule has 3 amide bonds. The number of amides is 3. The number of fused-ring (bicyclic) bond motifs is 3. The van der Waals surface area contributed by atoms with E-state index < -0.39 is 36.1 Å². The van der Waals surface area contributed by atoms with Crippen LogP contribution in [0.2, 0.25) is 0 Å². The number of aliphatic hydroxyl groups is 1. The summed E-state index contributed by atoms with van der Waals surface area (Å²) >= 11 is 0. The molecule has 0 radical (unpaired) electrons. The summed E-state index contributed by atoms with van der Waals surface area (Å²) in [6.45, 7) is 0. The van der Waals surface area contributed by atoms with Crippen molar-refractivity contribution >= 4 is 23.6 Å². The van der Waals surface area contributed by atoms with Gasteiger partial charge in [0.2, 0.25) is 11.8 Å². The minimum atomic E-state index is -0.856. The molecule has 3 aliphatic rings. The van der Waals surface area contributed by atoms with Crippen LogP contribution >= 0.6 is 0 Å². The van der Waals surface area contributed by atoms with Crippen molar-refractivity contribution in [1.82, 2.24) is 4.90 Å². The fraction of sp³-hybridized carbons (Fsp3) is 0.233. The van der Waals surface area contributed by atoms with Gasteiger partial charge in [-0.25, -0.2) is 9.69 Å². The molecule has 37 heavy (non-hydrogen) atoms. The van der Waals surface area contributed by atoms with Gasteiger partial charge in [0.05, 0.1) is 35.7 Å². The number of aliphatic hydroxyl groups excluding tert-OH is 1. The highest BCUT2D eigenvalue weighted by atomic mass is 16.6. The number of benzene rings is 3. The molecule has 3 aromatic rings. The highest BCUT2D eigenvalue weighted by Gasteiger charge is 2.59. The summed E-state index contributed by atoms with van der Waals surface area (Å²) in [5.74, 6) is -1.73. The van der Waals surface area contributed by atoms with E-state index in [0.29, 0.717) is 23.4 Å². The third-order valence-corrected chi connectivity index (χ3v) is 7.59. The lowest BCUT2D eigenvalue weighted by molar-refractivity contribution is -0.123. The number of likely N-dealkylation sites (tertiary alicyclic amines) is 1. The molecule has 5 atom stereocenters. The SMILES string of the molecule is O=C1[C@H]2[C@H](CC=C3[C@H]2N(C(=O)Oc2ccccc2)[C@@H](c2ccccc2)C[C@@H]3O)C(=O)N1c1ccccc1. The van der Waals surface area contributed by atoms with Crippen molar-refractivity contribution in [2.45, 2.75) is 31.0 Å². The van der Waals surface area contributed by atoms with Gasteiger partial charge in [-0.3, -0.25) is 14.5 Å². The quantitative estimate of drug-likeness (QED) is 0.428. The molecule has 2 heterocycles. The summed E-state index contributed by atoms with van der Waals surface area (Å²) in [5.41, 5.74) is 1.92. The number of anilines is 1. The molecule has 0 bridgehead atoms. The van der Waals surface area contributed by atoms with Crippen LogP contribution in [0.5, 0.6) is 5.75 Å². The van der Waals surface area contributed by atoms with Gasteiger partial charge in [0, 0.05) is 6.42 Å². The van der Waals surface area contributed by atoms with Crippen LogP contribution in [0.1, 0.15) is 24.4 Å². The van der Waals surface area contributed by atoms with E-state index in [1.54, 1.807) is 53.4 Å². The molecule has 6 rings (SSSR count). The minimum absolute atomic E-state index is 0.262. The van der Waals surface area contributed by atoms with E-state index in [1.165, 1.54) is 4.90 Å². The Morgan fingerprint density at radius 3 is 2.14 bits per heavy atom. The maximum Gasteiger partial charge on any atom is 0.416 e. The van der Waals surface area contributed by atoms with Crippen molar-refractivity contribution in [2.75, 3.05) is 4.90 Å². The number of nitrogens with zero attached hydrogens (tertiary/aromatic N) is 2. The van der Waals surface area contributed by atoms with Crippen molar-refractivity contribution in [3.8, 4) is 5.75 Å². The first kappa shape index (κ1) is 23.2. The molecular weight excluding hydrogens is 468 g/mol. The number of rotatable bonds is 3. The van der Waals surface area contributed by atoms with Gasteiger partial charge in [-0.15, -0.1) is 0 Å². The van der Waals surface area contributed by atoms with E-state index in [-0.39, 0.29) is 18.2 Å². The van der Waals surface area contributed by atoms with Crippen LogP contribution in [-0.2, 0) is 9.59 Å². The number of hydrogen-bond donors (Lipinski definition) is 1. The third kappa shape index (κ3) is 3.92. The van der Waals surface area contributed by atoms with Crippen LogP contribution in [-0.4, -0.2) is 40.1 Å². The average Bonchev–Trinajstić information content (AvgIpc) is 3.19. The van der Waals surface area contributed by atoms with E-state index in [0.717, 1.165) is 5.56 Å². The monoisotopic (exact) mass is 494 g/mol. The third-order valence-electron chi connectivity index (χ3n) is 7.59. The van der Waals surface area contributed by atoms with Crippen molar-refractivity contribution in [2.24, 2.45) is 11.8 Å². The number of piperidine rings is 1. The second-order valence-corrected chi connectivity index (χ2v) is 9.63. The topological polar surface area (TPSA) is 87.1 Å². The summed E-state index contributed by atoms with van der Waals surface area (Å²) in [4.78, 5) is 44.0. The van der Waals surface area contributed by atoms with Crippen molar-refractivity contribution < 1.29 is 24.2 Å². The lowest BCUT2D eigenvalue weighted by Gasteiger charge is -2.49. The normalized spacial score (nSPS) is 26.8. The van der Waals surface area contributed by atoms with Crippen LogP contribution in [0.25, 0.3) is 0 Å². The van der Waals surface area contributed by atoms with Crippen molar-refractivity contribution in [3.05, 3.63) is 108 Å². The molecule has 3 aromatic carbocycles. The van der Waals surface area contributed by atoms with Crippen LogP contribution in [0.4, 0.5) is 10.5 Å². The molecule has 7 nitrogen and oxygen atoms in total. The molecule has 0 aromatic heterocycles. The van der Waals surface area contributed by atoms with E-state index in [9.17, 15) is 19.5 Å². The minimum Gasteiger partial charge on any atom is -0.410 e. The molecular formula is C30H26N2O5. The van der Waals surface area contributed by atoms with Crippen LogP contribution in [0.3, 0.4) is 0 Å². The zero-order valence-corrected chi connectivity index (χ0v) is 20.0. The zero-order chi connectivity index (χ0) is 25.5. The number of para-hydroxylation sites is 2. The van der Waals surface area contributed by atoms with E-state index >= 15 is 0 Å². The first-order valence-corrected chi connectivity index (χ1v) is 12.5. The smallest absolute Gasteiger partial charge is 0.410 e. The molecule has 1 N–H and O–H groups in total. The fourth-order valence-corrected chi connectivity index (χ4v) is 5.95. The second kappa shape index (κ2) is 9.33. The maximum absolute atomic E-state index is 13.9. The Labute approximate surface area is 214 Å². The average molecular weight is 495 g/mol. The first-order valence-electron chi connectivity index (χ1n) is 12.5. The predicted molar refractivity (Wildman–Crippen MR) is 137 cm³/mol. The Morgan fingerprint density at radius 1 is 0.838 bits per heavy atom. The Hall–Kier alpha value is -4.23. The highest BCUT2D eigenvalue weighted by Crippen LogP contribution is 2.49.